The van der Waals surface area contributed by atoms with E-state index >= 15 is 0 Å². The Balaban J connectivity index is 1.74. The minimum Gasteiger partial charge on any atom is -0.508 e. The van der Waals surface area contributed by atoms with Crippen molar-refractivity contribution in [2.75, 3.05) is 13.7 Å². The molecule has 1 unspecified atom stereocenters. The minimum atomic E-state index is -0.129. The third kappa shape index (κ3) is 2.24. The van der Waals surface area contributed by atoms with Gasteiger partial charge in [-0.05, 0) is 78.5 Å². The van der Waals surface area contributed by atoms with Gasteiger partial charge in [-0.15, -0.1) is 0 Å². The summed E-state index contributed by atoms with van der Waals surface area (Å²) in [5, 5.41) is 20.4. The number of aliphatic hydroxyl groups is 1. The molecule has 3 aliphatic rings. The molecule has 1 aromatic carbocycles. The first-order valence-electron chi connectivity index (χ1n) is 9.04. The van der Waals surface area contributed by atoms with Gasteiger partial charge in [0.2, 0.25) is 0 Å². The van der Waals surface area contributed by atoms with E-state index in [0.717, 1.165) is 32.1 Å². The lowest BCUT2D eigenvalue weighted by Crippen LogP contribution is -2.44. The van der Waals surface area contributed by atoms with Crippen molar-refractivity contribution in [2.24, 2.45) is 17.3 Å². The topological polar surface area (TPSA) is 49.7 Å². The van der Waals surface area contributed by atoms with E-state index in [-0.39, 0.29) is 11.5 Å². The lowest BCUT2D eigenvalue weighted by atomic mass is 9.54. The molecular weight excluding hydrogens is 288 g/mol. The maximum atomic E-state index is 10.5. The van der Waals surface area contributed by atoms with E-state index < -0.39 is 0 Å². The standard InChI is InChI=1S/C20H28O3/c1-20-8-7-15-14-4-3-13(21)10-16(14)12(11-23-2)9-17(15)18(20)5-6-19(20)22/h3-4,10,12,15,17-19,21-22H,5-9,11H2,1-2H3/t12?,15-,17-,18+,19+,20+/m1/s1. The highest BCUT2D eigenvalue weighted by atomic mass is 16.5. The van der Waals surface area contributed by atoms with Gasteiger partial charge in [0, 0.05) is 13.0 Å². The maximum Gasteiger partial charge on any atom is 0.115 e. The zero-order chi connectivity index (χ0) is 16.2. The van der Waals surface area contributed by atoms with Crippen LogP contribution in [0.2, 0.25) is 0 Å². The predicted octanol–water partition coefficient (Wildman–Crippen LogP) is 3.80. The number of aromatic hydroxyl groups is 1. The Labute approximate surface area is 138 Å². The molecule has 1 aromatic rings. The van der Waals surface area contributed by atoms with Gasteiger partial charge in [0.05, 0.1) is 12.7 Å². The van der Waals surface area contributed by atoms with Gasteiger partial charge < -0.3 is 14.9 Å². The molecule has 6 atom stereocenters. The van der Waals surface area contributed by atoms with Crippen molar-refractivity contribution in [3.63, 3.8) is 0 Å². The Bertz CT molecular complexity index is 599. The predicted molar refractivity (Wildman–Crippen MR) is 89.6 cm³/mol. The van der Waals surface area contributed by atoms with Crippen molar-refractivity contribution in [1.82, 2.24) is 0 Å². The van der Waals surface area contributed by atoms with Gasteiger partial charge in [-0.3, -0.25) is 0 Å². The SMILES string of the molecule is COCC1C[C@@H]2[C@H](CC[C@]3(C)[C@@H](O)CC[C@@H]23)c2ccc(O)cc21. The van der Waals surface area contributed by atoms with Crippen molar-refractivity contribution in [2.45, 2.75) is 57.0 Å². The van der Waals surface area contributed by atoms with E-state index in [1.165, 1.54) is 11.1 Å². The summed E-state index contributed by atoms with van der Waals surface area (Å²) in [6.07, 6.45) is 5.40. The summed E-state index contributed by atoms with van der Waals surface area (Å²) in [5.41, 5.74) is 2.81. The molecule has 2 fully saturated rings. The average molecular weight is 316 g/mol. The molecule has 0 spiro atoms. The second kappa shape index (κ2) is 5.49. The van der Waals surface area contributed by atoms with Crippen LogP contribution in [0.15, 0.2) is 18.2 Å². The van der Waals surface area contributed by atoms with Gasteiger partial charge in [-0.2, -0.15) is 0 Å². The van der Waals surface area contributed by atoms with Crippen LogP contribution in [0.4, 0.5) is 0 Å². The van der Waals surface area contributed by atoms with Crippen LogP contribution in [0.3, 0.4) is 0 Å². The molecule has 23 heavy (non-hydrogen) atoms. The highest BCUT2D eigenvalue weighted by Crippen LogP contribution is 2.62. The molecule has 0 aliphatic heterocycles. The van der Waals surface area contributed by atoms with Crippen LogP contribution in [-0.2, 0) is 4.74 Å². The smallest absolute Gasteiger partial charge is 0.115 e. The number of methoxy groups -OCH3 is 1. The van der Waals surface area contributed by atoms with Gasteiger partial charge in [0.1, 0.15) is 5.75 Å². The minimum absolute atomic E-state index is 0.104. The van der Waals surface area contributed by atoms with E-state index in [2.05, 4.69) is 13.0 Å². The normalized spacial score (nSPS) is 42.0. The van der Waals surface area contributed by atoms with Crippen LogP contribution in [0.25, 0.3) is 0 Å². The molecule has 0 amide bonds. The van der Waals surface area contributed by atoms with Crippen molar-refractivity contribution in [3.05, 3.63) is 29.3 Å². The van der Waals surface area contributed by atoms with E-state index in [9.17, 15) is 10.2 Å². The fourth-order valence-electron chi connectivity index (χ4n) is 6.04. The molecule has 2 saturated carbocycles. The number of rotatable bonds is 2. The van der Waals surface area contributed by atoms with E-state index in [0.29, 0.717) is 36.0 Å². The van der Waals surface area contributed by atoms with Crippen LogP contribution in [0.5, 0.6) is 5.75 Å². The third-order valence-electron chi connectivity index (χ3n) is 7.22. The lowest BCUT2D eigenvalue weighted by Gasteiger charge is -2.51. The Morgan fingerprint density at radius 3 is 2.83 bits per heavy atom. The van der Waals surface area contributed by atoms with Crippen LogP contribution in [0, 0.1) is 17.3 Å². The number of phenolic OH excluding ortho intramolecular Hbond substituents is 1. The number of aliphatic hydroxyl groups excluding tert-OH is 1. The molecule has 3 nitrogen and oxygen atoms in total. The van der Waals surface area contributed by atoms with E-state index in [1.54, 1.807) is 7.11 Å². The van der Waals surface area contributed by atoms with Crippen LogP contribution in [-0.4, -0.2) is 30.0 Å². The second-order valence-corrected chi connectivity index (χ2v) is 8.22. The number of phenols is 1. The first-order chi connectivity index (χ1) is 11.0. The van der Waals surface area contributed by atoms with Gasteiger partial charge in [-0.25, -0.2) is 0 Å². The summed E-state index contributed by atoms with van der Waals surface area (Å²) in [5.74, 6) is 2.58. The second-order valence-electron chi connectivity index (χ2n) is 8.22. The molecule has 2 N–H and O–H groups in total. The third-order valence-corrected chi connectivity index (χ3v) is 7.22. The molecule has 0 bridgehead atoms. The molecule has 126 valence electrons. The zero-order valence-corrected chi connectivity index (χ0v) is 14.2. The van der Waals surface area contributed by atoms with Gasteiger partial charge >= 0.3 is 0 Å². The fraction of sp³-hybridized carbons (Fsp3) is 0.700. The summed E-state index contributed by atoms with van der Waals surface area (Å²) < 4.78 is 5.48. The molecule has 3 heteroatoms. The molecule has 0 aromatic heterocycles. The molecule has 0 saturated heterocycles. The Hall–Kier alpha value is -1.06. The Kier molecular flexibility index (Phi) is 3.69. The number of hydrogen-bond acceptors (Lipinski definition) is 3. The van der Waals surface area contributed by atoms with Crippen LogP contribution in [0.1, 0.15) is 62.0 Å². The molecular formula is C20H28O3. The monoisotopic (exact) mass is 316 g/mol. The Morgan fingerprint density at radius 1 is 1.22 bits per heavy atom. The summed E-state index contributed by atoms with van der Waals surface area (Å²) in [6.45, 7) is 3.02. The first kappa shape index (κ1) is 15.5. The largest absolute Gasteiger partial charge is 0.508 e. The van der Waals surface area contributed by atoms with E-state index in [4.69, 9.17) is 4.74 Å². The van der Waals surface area contributed by atoms with Gasteiger partial charge in [0.25, 0.3) is 0 Å². The average Bonchev–Trinajstić information content (AvgIpc) is 2.83. The number of ether oxygens (including phenoxy) is 1. The van der Waals surface area contributed by atoms with Crippen molar-refractivity contribution >= 4 is 0 Å². The maximum absolute atomic E-state index is 10.5. The van der Waals surface area contributed by atoms with Crippen molar-refractivity contribution < 1.29 is 14.9 Å². The summed E-state index contributed by atoms with van der Waals surface area (Å²) in [6, 6.07) is 5.92. The van der Waals surface area contributed by atoms with Crippen LogP contribution >= 0.6 is 0 Å². The highest BCUT2D eigenvalue weighted by molar-refractivity contribution is 5.42. The quantitative estimate of drug-likeness (QED) is 0.872. The van der Waals surface area contributed by atoms with Gasteiger partial charge in [-0.1, -0.05) is 13.0 Å². The summed E-state index contributed by atoms with van der Waals surface area (Å²) >= 11 is 0. The number of benzene rings is 1. The summed E-state index contributed by atoms with van der Waals surface area (Å²) in [4.78, 5) is 0. The Morgan fingerprint density at radius 2 is 2.04 bits per heavy atom. The van der Waals surface area contributed by atoms with Gasteiger partial charge in [0.15, 0.2) is 0 Å². The number of fused-ring (bicyclic) bond motifs is 5. The molecule has 0 radical (unpaired) electrons. The molecule has 4 rings (SSSR count). The van der Waals surface area contributed by atoms with Crippen molar-refractivity contribution in [1.29, 1.82) is 0 Å². The van der Waals surface area contributed by atoms with Crippen LogP contribution < -0.4 is 0 Å². The first-order valence-corrected chi connectivity index (χ1v) is 9.04. The van der Waals surface area contributed by atoms with E-state index in [1.807, 2.05) is 12.1 Å². The summed E-state index contributed by atoms with van der Waals surface area (Å²) in [7, 11) is 1.76. The zero-order valence-electron chi connectivity index (χ0n) is 14.2. The molecule has 0 heterocycles. The lowest BCUT2D eigenvalue weighted by molar-refractivity contribution is -0.0273. The number of hydrogen-bond donors (Lipinski definition) is 2. The highest BCUT2D eigenvalue weighted by Gasteiger charge is 2.55. The fourth-order valence-corrected chi connectivity index (χ4v) is 6.04. The molecule has 3 aliphatic carbocycles. The van der Waals surface area contributed by atoms with Crippen molar-refractivity contribution in [3.8, 4) is 5.75 Å².